The lowest BCUT2D eigenvalue weighted by molar-refractivity contribution is -0.120. The summed E-state index contributed by atoms with van der Waals surface area (Å²) in [6.45, 7) is 2.24. The smallest absolute Gasteiger partial charge is 0.338 e. The Morgan fingerprint density at radius 1 is 0.923 bits per heavy atom. The highest BCUT2D eigenvalue weighted by atomic mass is 35.5. The molecule has 1 heterocycles. The van der Waals surface area contributed by atoms with Crippen molar-refractivity contribution < 1.29 is 28.3 Å². The molecule has 0 spiro atoms. The van der Waals surface area contributed by atoms with Crippen LogP contribution in [-0.2, 0) is 14.3 Å². The number of unbranched alkanes of at least 4 members (excludes halogenated alkanes) is 1. The minimum Gasteiger partial charge on any atom is -0.462 e. The third kappa shape index (κ3) is 6.27. The maximum absolute atomic E-state index is 13.3. The second-order valence-corrected chi connectivity index (χ2v) is 9.25. The van der Waals surface area contributed by atoms with Crippen LogP contribution in [0.3, 0.4) is 0 Å². The fourth-order valence-corrected chi connectivity index (χ4v) is 4.03. The molecule has 1 aliphatic heterocycles. The minimum atomic E-state index is -0.755. The first-order chi connectivity index (χ1) is 18.7. The Morgan fingerprint density at radius 2 is 1.64 bits per heavy atom. The second-order valence-electron chi connectivity index (χ2n) is 8.46. The third-order valence-electron chi connectivity index (χ3n) is 5.69. The number of nitrogens with one attached hydrogen (secondary N) is 2. The van der Waals surface area contributed by atoms with E-state index in [1.807, 2.05) is 6.92 Å². The van der Waals surface area contributed by atoms with E-state index in [0.717, 1.165) is 23.8 Å². The topological polar surface area (TPSA) is 105 Å². The van der Waals surface area contributed by atoms with Gasteiger partial charge in [-0.2, -0.15) is 0 Å². The summed E-state index contributed by atoms with van der Waals surface area (Å²) >= 11 is 12.0. The van der Waals surface area contributed by atoms with E-state index in [1.54, 1.807) is 0 Å². The average Bonchev–Trinajstić information content (AvgIpc) is 3.14. The van der Waals surface area contributed by atoms with Crippen molar-refractivity contribution in [2.24, 2.45) is 0 Å². The Balaban J connectivity index is 1.45. The lowest BCUT2D eigenvalue weighted by atomic mass is 10.1. The zero-order valence-corrected chi connectivity index (χ0v) is 22.1. The molecule has 8 nitrogen and oxygen atoms in total. The molecule has 0 aromatic heterocycles. The van der Waals surface area contributed by atoms with Gasteiger partial charge in [0, 0.05) is 16.9 Å². The molecular weight excluding hydrogens is 548 g/mol. The SMILES string of the molecule is CCCCOC(=O)c1cccc(N2C(=O)C(Cl)=C(Nc3ccc(C(=O)Nc4ccc(F)c(Cl)c4)cc3)C2=O)c1. The lowest BCUT2D eigenvalue weighted by Gasteiger charge is -2.16. The highest BCUT2D eigenvalue weighted by Gasteiger charge is 2.39. The standard InChI is InChI=1S/C28H22Cl2FN3O5/c1-2-3-13-39-28(38)17-5-4-6-20(14-17)34-26(36)23(30)24(27(34)37)32-18-9-7-16(8-10-18)25(35)33-19-11-12-22(31)21(29)15-19/h4-12,14-15,32H,2-3,13H2,1H3,(H,33,35). The van der Waals surface area contributed by atoms with Crippen molar-refractivity contribution >= 4 is 64.0 Å². The Hall–Kier alpha value is -4.21. The fourth-order valence-electron chi connectivity index (χ4n) is 3.64. The maximum Gasteiger partial charge on any atom is 0.338 e. The van der Waals surface area contributed by atoms with E-state index in [-0.39, 0.29) is 39.2 Å². The van der Waals surface area contributed by atoms with Gasteiger partial charge in [-0.25, -0.2) is 14.1 Å². The molecule has 0 radical (unpaired) electrons. The summed E-state index contributed by atoms with van der Waals surface area (Å²) < 4.78 is 18.5. The fraction of sp³-hybridized carbons (Fsp3) is 0.143. The molecule has 3 aromatic rings. The first-order valence-electron chi connectivity index (χ1n) is 11.9. The van der Waals surface area contributed by atoms with E-state index in [2.05, 4.69) is 10.6 Å². The van der Waals surface area contributed by atoms with E-state index >= 15 is 0 Å². The van der Waals surface area contributed by atoms with E-state index in [4.69, 9.17) is 27.9 Å². The number of ether oxygens (including phenoxy) is 1. The zero-order chi connectivity index (χ0) is 28.1. The van der Waals surface area contributed by atoms with Crippen molar-refractivity contribution in [2.75, 3.05) is 22.1 Å². The van der Waals surface area contributed by atoms with E-state index in [9.17, 15) is 23.6 Å². The molecule has 0 bridgehead atoms. The number of halogens is 3. The van der Waals surface area contributed by atoms with Crippen LogP contribution in [0.5, 0.6) is 0 Å². The van der Waals surface area contributed by atoms with Gasteiger partial charge in [0.15, 0.2) is 0 Å². The zero-order valence-electron chi connectivity index (χ0n) is 20.6. The number of benzene rings is 3. The Kier molecular flexibility index (Phi) is 8.63. The molecule has 3 aromatic carbocycles. The summed E-state index contributed by atoms with van der Waals surface area (Å²) in [7, 11) is 0. The summed E-state index contributed by atoms with van der Waals surface area (Å²) in [5.41, 5.74) is 1.19. The van der Waals surface area contributed by atoms with Crippen LogP contribution in [0.1, 0.15) is 40.5 Å². The average molecular weight is 570 g/mol. The number of anilines is 3. The van der Waals surface area contributed by atoms with Gasteiger partial charge in [0.2, 0.25) is 0 Å². The first-order valence-corrected chi connectivity index (χ1v) is 12.6. The highest BCUT2D eigenvalue weighted by molar-refractivity contribution is 6.53. The van der Waals surface area contributed by atoms with Crippen LogP contribution in [0.4, 0.5) is 21.5 Å². The van der Waals surface area contributed by atoms with Gasteiger partial charge in [-0.05, 0) is 67.1 Å². The van der Waals surface area contributed by atoms with Crippen LogP contribution < -0.4 is 15.5 Å². The highest BCUT2D eigenvalue weighted by Crippen LogP contribution is 2.31. The summed E-state index contributed by atoms with van der Waals surface area (Å²) in [5.74, 6) is -3.10. The number of carbonyl (C=O) groups is 4. The Labute approximate surface area is 233 Å². The van der Waals surface area contributed by atoms with Crippen LogP contribution in [0, 0.1) is 5.82 Å². The van der Waals surface area contributed by atoms with Gasteiger partial charge in [0.05, 0.1) is 22.9 Å². The van der Waals surface area contributed by atoms with Crippen molar-refractivity contribution in [3.63, 3.8) is 0 Å². The molecule has 0 saturated carbocycles. The number of imide groups is 1. The minimum absolute atomic E-state index is 0.124. The number of amides is 3. The van der Waals surface area contributed by atoms with Gasteiger partial charge in [0.25, 0.3) is 17.7 Å². The number of hydrogen-bond acceptors (Lipinski definition) is 6. The van der Waals surface area contributed by atoms with Crippen LogP contribution in [-0.4, -0.2) is 30.3 Å². The Bertz CT molecular complexity index is 1490. The summed E-state index contributed by atoms with van der Waals surface area (Å²) in [4.78, 5) is 51.7. The maximum atomic E-state index is 13.3. The van der Waals surface area contributed by atoms with Crippen molar-refractivity contribution in [1.82, 2.24) is 0 Å². The summed E-state index contributed by atoms with van der Waals surface area (Å²) in [6.07, 6.45) is 1.59. The molecule has 0 saturated heterocycles. The molecule has 0 aliphatic carbocycles. The molecule has 1 aliphatic rings. The van der Waals surface area contributed by atoms with Gasteiger partial charge in [-0.1, -0.05) is 42.6 Å². The first kappa shape index (κ1) is 27.8. The van der Waals surface area contributed by atoms with Crippen molar-refractivity contribution in [3.8, 4) is 0 Å². The normalized spacial score (nSPS) is 13.1. The van der Waals surface area contributed by atoms with E-state index in [0.29, 0.717) is 11.4 Å². The number of nitrogens with zero attached hydrogens (tertiary/aromatic N) is 1. The number of rotatable bonds is 9. The molecule has 39 heavy (non-hydrogen) atoms. The van der Waals surface area contributed by atoms with Crippen molar-refractivity contribution in [2.45, 2.75) is 19.8 Å². The van der Waals surface area contributed by atoms with Crippen LogP contribution >= 0.6 is 23.2 Å². The van der Waals surface area contributed by atoms with Gasteiger partial charge >= 0.3 is 5.97 Å². The number of carbonyl (C=O) groups excluding carboxylic acids is 4. The summed E-state index contributed by atoms with van der Waals surface area (Å²) in [5, 5.41) is 4.98. The Morgan fingerprint density at radius 3 is 2.33 bits per heavy atom. The molecule has 0 fully saturated rings. The van der Waals surface area contributed by atoms with Gasteiger partial charge in [-0.15, -0.1) is 0 Å². The van der Waals surface area contributed by atoms with E-state index < -0.39 is 29.5 Å². The lowest BCUT2D eigenvalue weighted by Crippen LogP contribution is -2.32. The van der Waals surface area contributed by atoms with Gasteiger partial charge in [-0.3, -0.25) is 14.4 Å². The monoisotopic (exact) mass is 569 g/mol. The third-order valence-corrected chi connectivity index (χ3v) is 6.33. The van der Waals surface area contributed by atoms with Crippen LogP contribution in [0.2, 0.25) is 5.02 Å². The number of hydrogen-bond donors (Lipinski definition) is 2. The van der Waals surface area contributed by atoms with Crippen LogP contribution in [0.15, 0.2) is 77.5 Å². The molecule has 2 N–H and O–H groups in total. The molecule has 0 atom stereocenters. The van der Waals surface area contributed by atoms with Crippen molar-refractivity contribution in [1.29, 1.82) is 0 Å². The van der Waals surface area contributed by atoms with Gasteiger partial charge < -0.3 is 15.4 Å². The summed E-state index contributed by atoms with van der Waals surface area (Å²) in [6, 6.07) is 15.8. The van der Waals surface area contributed by atoms with Crippen LogP contribution in [0.25, 0.3) is 0 Å². The molecule has 11 heteroatoms. The largest absolute Gasteiger partial charge is 0.462 e. The predicted octanol–water partition coefficient (Wildman–Crippen LogP) is 6.12. The molecule has 0 unspecified atom stereocenters. The second kappa shape index (κ2) is 12.1. The van der Waals surface area contributed by atoms with E-state index in [1.165, 1.54) is 60.7 Å². The molecule has 200 valence electrons. The molecule has 3 amide bonds. The quantitative estimate of drug-likeness (QED) is 0.182. The predicted molar refractivity (Wildman–Crippen MR) is 146 cm³/mol. The van der Waals surface area contributed by atoms with Crippen molar-refractivity contribution in [3.05, 3.63) is 99.4 Å². The molecule has 4 rings (SSSR count). The molecular formula is C28H22Cl2FN3O5. The van der Waals surface area contributed by atoms with Gasteiger partial charge in [0.1, 0.15) is 16.5 Å². The number of esters is 1.